The molecule has 0 saturated heterocycles. The van der Waals surface area contributed by atoms with Crippen molar-refractivity contribution in [2.75, 3.05) is 13.1 Å². The van der Waals surface area contributed by atoms with Crippen molar-refractivity contribution >= 4 is 17.5 Å². The minimum atomic E-state index is -0.478. The predicted molar refractivity (Wildman–Crippen MR) is 106 cm³/mol. The summed E-state index contributed by atoms with van der Waals surface area (Å²) in [4.78, 5) is 37.6. The van der Waals surface area contributed by atoms with Crippen LogP contribution in [0, 0.1) is 10.1 Å². The summed E-state index contributed by atoms with van der Waals surface area (Å²) in [7, 11) is 0. The van der Waals surface area contributed by atoms with Crippen molar-refractivity contribution in [3.63, 3.8) is 0 Å². The van der Waals surface area contributed by atoms with E-state index in [1.54, 1.807) is 23.1 Å². The van der Waals surface area contributed by atoms with Crippen LogP contribution in [-0.2, 0) is 24.2 Å². The molecule has 0 atom stereocenters. The maximum Gasteiger partial charge on any atom is 0.273 e. The third-order valence-electron chi connectivity index (χ3n) is 5.10. The van der Waals surface area contributed by atoms with Gasteiger partial charge in [-0.2, -0.15) is 5.10 Å². The Hall–Kier alpha value is -3.23. The number of unbranched alkanes of at least 4 members (excludes halogenated alkanes) is 2. The summed E-state index contributed by atoms with van der Waals surface area (Å²) in [5, 5.41) is 21.1. The van der Waals surface area contributed by atoms with E-state index in [2.05, 4.69) is 22.4 Å². The fourth-order valence-electron chi connectivity index (χ4n) is 3.47. The molecule has 9 nitrogen and oxygen atoms in total. The number of fused-ring (bicyclic) bond motifs is 1. The number of aromatic amines is 1. The number of carbonyl (C=O) groups excluding carboxylic acids is 2. The summed E-state index contributed by atoms with van der Waals surface area (Å²) in [5.41, 5.74) is 2.22. The van der Waals surface area contributed by atoms with E-state index in [0.717, 1.165) is 30.5 Å². The maximum absolute atomic E-state index is 12.8. The molecular weight excluding hydrogens is 374 g/mol. The Bertz CT molecular complexity index is 908. The minimum absolute atomic E-state index is 0.0527. The molecule has 29 heavy (non-hydrogen) atoms. The van der Waals surface area contributed by atoms with E-state index in [1.807, 2.05) is 0 Å². The molecule has 0 radical (unpaired) electrons. The normalized spacial score (nSPS) is 13.1. The number of hydrogen-bond acceptors (Lipinski definition) is 5. The fourth-order valence-corrected chi connectivity index (χ4v) is 3.47. The molecule has 0 bridgehead atoms. The molecule has 1 aliphatic rings. The van der Waals surface area contributed by atoms with Crippen LogP contribution in [0.15, 0.2) is 24.3 Å². The van der Waals surface area contributed by atoms with Gasteiger partial charge in [0, 0.05) is 48.9 Å². The lowest BCUT2D eigenvalue weighted by atomic mass is 10.0. The van der Waals surface area contributed by atoms with Gasteiger partial charge in [0.25, 0.3) is 11.6 Å². The van der Waals surface area contributed by atoms with Crippen molar-refractivity contribution in [2.24, 2.45) is 0 Å². The third kappa shape index (κ3) is 4.79. The third-order valence-corrected chi connectivity index (χ3v) is 5.10. The van der Waals surface area contributed by atoms with Crippen molar-refractivity contribution in [3.8, 4) is 0 Å². The summed E-state index contributed by atoms with van der Waals surface area (Å²) in [6, 6.07) is 6.25. The van der Waals surface area contributed by atoms with Gasteiger partial charge in [0.1, 0.15) is 0 Å². The number of para-hydroxylation sites is 1. The van der Waals surface area contributed by atoms with Gasteiger partial charge < -0.3 is 10.2 Å². The van der Waals surface area contributed by atoms with Crippen LogP contribution < -0.4 is 5.32 Å². The Morgan fingerprint density at radius 2 is 2.10 bits per heavy atom. The minimum Gasteiger partial charge on any atom is -0.351 e. The number of nitrogens with one attached hydrogen (secondary N) is 2. The molecule has 154 valence electrons. The molecule has 3 rings (SSSR count). The highest BCUT2D eigenvalue weighted by Gasteiger charge is 2.28. The summed E-state index contributed by atoms with van der Waals surface area (Å²) in [6.45, 7) is 3.44. The van der Waals surface area contributed by atoms with E-state index in [4.69, 9.17) is 0 Å². The molecule has 2 aromatic rings. The molecule has 1 aromatic carbocycles. The van der Waals surface area contributed by atoms with Crippen molar-refractivity contribution in [2.45, 2.75) is 45.6 Å². The number of hydrogen-bond donors (Lipinski definition) is 2. The second-order valence-corrected chi connectivity index (χ2v) is 7.12. The van der Waals surface area contributed by atoms with E-state index in [-0.39, 0.29) is 30.5 Å². The second-order valence-electron chi connectivity index (χ2n) is 7.12. The second kappa shape index (κ2) is 9.31. The van der Waals surface area contributed by atoms with Crippen LogP contribution in [0.1, 0.15) is 53.5 Å². The van der Waals surface area contributed by atoms with Gasteiger partial charge in [-0.15, -0.1) is 0 Å². The lowest BCUT2D eigenvalue weighted by Crippen LogP contribution is -2.38. The Labute approximate surface area is 168 Å². The summed E-state index contributed by atoms with van der Waals surface area (Å²) in [6.07, 6.45) is 3.55. The van der Waals surface area contributed by atoms with Gasteiger partial charge in [0.15, 0.2) is 5.69 Å². The Morgan fingerprint density at radius 3 is 2.86 bits per heavy atom. The topological polar surface area (TPSA) is 121 Å². The molecule has 0 fully saturated rings. The summed E-state index contributed by atoms with van der Waals surface area (Å²) in [5.74, 6) is -0.452. The molecule has 2 amide bonds. The first-order valence-electron chi connectivity index (χ1n) is 9.85. The lowest BCUT2D eigenvalue weighted by molar-refractivity contribution is -0.385. The van der Waals surface area contributed by atoms with Crippen LogP contribution in [0.25, 0.3) is 0 Å². The van der Waals surface area contributed by atoms with Crippen molar-refractivity contribution in [1.82, 2.24) is 20.4 Å². The zero-order valence-corrected chi connectivity index (χ0v) is 16.4. The number of nitro groups is 1. The Balaban J connectivity index is 1.68. The van der Waals surface area contributed by atoms with Gasteiger partial charge in [0.2, 0.25) is 5.91 Å². The van der Waals surface area contributed by atoms with Crippen LogP contribution in [0.4, 0.5) is 5.69 Å². The first kappa shape index (κ1) is 20.5. The monoisotopic (exact) mass is 399 g/mol. The number of carbonyl (C=O) groups is 2. The molecule has 1 aliphatic heterocycles. The van der Waals surface area contributed by atoms with Gasteiger partial charge in [-0.3, -0.25) is 24.8 Å². The van der Waals surface area contributed by atoms with E-state index in [9.17, 15) is 19.7 Å². The van der Waals surface area contributed by atoms with Gasteiger partial charge in [0.05, 0.1) is 11.3 Å². The van der Waals surface area contributed by atoms with Crippen molar-refractivity contribution in [1.29, 1.82) is 0 Å². The number of H-pyrrole nitrogens is 1. The van der Waals surface area contributed by atoms with Gasteiger partial charge in [-0.05, 0) is 6.42 Å². The van der Waals surface area contributed by atoms with E-state index in [1.165, 1.54) is 6.07 Å². The molecule has 0 unspecified atom stereocenters. The van der Waals surface area contributed by atoms with Crippen LogP contribution in [0.5, 0.6) is 0 Å². The highest BCUT2D eigenvalue weighted by Crippen LogP contribution is 2.23. The molecule has 0 aliphatic carbocycles. The number of nitrogens with zero attached hydrogens (tertiary/aromatic N) is 3. The molecule has 0 spiro atoms. The molecule has 2 heterocycles. The van der Waals surface area contributed by atoms with E-state index < -0.39 is 4.92 Å². The molecule has 1 aromatic heterocycles. The van der Waals surface area contributed by atoms with Crippen LogP contribution >= 0.6 is 0 Å². The van der Waals surface area contributed by atoms with Crippen molar-refractivity contribution in [3.05, 3.63) is 56.9 Å². The zero-order chi connectivity index (χ0) is 20.8. The number of rotatable bonds is 8. The van der Waals surface area contributed by atoms with Crippen LogP contribution in [0.2, 0.25) is 0 Å². The van der Waals surface area contributed by atoms with Gasteiger partial charge >= 0.3 is 0 Å². The summed E-state index contributed by atoms with van der Waals surface area (Å²) >= 11 is 0. The summed E-state index contributed by atoms with van der Waals surface area (Å²) < 4.78 is 0. The van der Waals surface area contributed by atoms with E-state index >= 15 is 0 Å². The maximum atomic E-state index is 12.8. The average molecular weight is 399 g/mol. The van der Waals surface area contributed by atoms with Gasteiger partial charge in [-0.25, -0.2) is 0 Å². The smallest absolute Gasteiger partial charge is 0.273 e. The quantitative estimate of drug-likeness (QED) is 0.401. The van der Waals surface area contributed by atoms with Crippen LogP contribution in [0.3, 0.4) is 0 Å². The average Bonchev–Trinajstić information content (AvgIpc) is 3.14. The number of amides is 2. The molecular formula is C20H25N5O4. The first-order valence-corrected chi connectivity index (χ1v) is 9.85. The fraction of sp³-hybridized carbons (Fsp3) is 0.450. The molecule has 2 N–H and O–H groups in total. The predicted octanol–water partition coefficient (Wildman–Crippen LogP) is 2.37. The number of nitro benzene ring substituents is 1. The molecule has 9 heteroatoms. The zero-order valence-electron chi connectivity index (χ0n) is 16.4. The largest absolute Gasteiger partial charge is 0.351 e. The highest BCUT2D eigenvalue weighted by atomic mass is 16.6. The highest BCUT2D eigenvalue weighted by molar-refractivity contribution is 5.94. The first-order chi connectivity index (χ1) is 14.0. The lowest BCUT2D eigenvalue weighted by Gasteiger charge is -2.27. The van der Waals surface area contributed by atoms with Crippen molar-refractivity contribution < 1.29 is 14.5 Å². The number of benzene rings is 1. The number of aromatic nitrogens is 2. The Kier molecular flexibility index (Phi) is 6.58. The van der Waals surface area contributed by atoms with Gasteiger partial charge in [-0.1, -0.05) is 38.0 Å². The van der Waals surface area contributed by atoms with Crippen LogP contribution in [-0.4, -0.2) is 44.9 Å². The Morgan fingerprint density at radius 1 is 1.31 bits per heavy atom. The standard InChI is InChI=1S/C20H25N5O4/c1-2-3-6-10-21-20(27)19-15-13-24(11-9-16(15)22-23-19)18(26)12-14-7-4-5-8-17(14)25(28)29/h4-5,7-8H,2-3,6,9-13H2,1H3,(H,21,27)(H,22,23). The van der Waals surface area contributed by atoms with E-state index in [0.29, 0.717) is 30.8 Å². The molecule has 0 saturated carbocycles. The SMILES string of the molecule is CCCCCNC(=O)c1n[nH]c2c1CN(C(=O)Cc1ccccc1[N+](=O)[O-])CC2.